The Morgan fingerprint density at radius 1 is 1.58 bits per heavy atom. The second-order valence-electron chi connectivity index (χ2n) is 2.37. The van der Waals surface area contributed by atoms with E-state index < -0.39 is 0 Å². The standard InChI is InChI=1S/C6H7N5S/c7-5-1-8-11(2-5)3-6-4-12-10-9-6/h1-2,4H,3,7H2. The summed E-state index contributed by atoms with van der Waals surface area (Å²) in [6, 6.07) is 0. The molecule has 0 aliphatic rings. The SMILES string of the molecule is Nc1cnn(Cc2csnn2)c1. The summed E-state index contributed by atoms with van der Waals surface area (Å²) in [5, 5.41) is 9.79. The molecule has 2 rings (SSSR count). The first kappa shape index (κ1) is 7.23. The molecule has 0 radical (unpaired) electrons. The molecule has 2 N–H and O–H groups in total. The van der Waals surface area contributed by atoms with Gasteiger partial charge in [0.2, 0.25) is 0 Å². The van der Waals surface area contributed by atoms with E-state index in [1.165, 1.54) is 11.5 Å². The maximum Gasteiger partial charge on any atom is 0.0970 e. The van der Waals surface area contributed by atoms with Crippen molar-refractivity contribution in [1.82, 2.24) is 19.4 Å². The van der Waals surface area contributed by atoms with Gasteiger partial charge >= 0.3 is 0 Å². The quantitative estimate of drug-likeness (QED) is 0.726. The molecule has 5 nitrogen and oxygen atoms in total. The second kappa shape index (κ2) is 2.90. The molecule has 0 amide bonds. The Balaban J connectivity index is 2.14. The molecule has 0 aliphatic carbocycles. The molecule has 0 unspecified atom stereocenters. The molecule has 12 heavy (non-hydrogen) atoms. The Labute approximate surface area is 73.0 Å². The summed E-state index contributed by atoms with van der Waals surface area (Å²) in [5.41, 5.74) is 7.06. The van der Waals surface area contributed by atoms with E-state index in [1.54, 1.807) is 17.1 Å². The minimum Gasteiger partial charge on any atom is -0.396 e. The Bertz CT molecular complexity index is 352. The van der Waals surface area contributed by atoms with E-state index in [-0.39, 0.29) is 0 Å². The number of rotatable bonds is 2. The summed E-state index contributed by atoms with van der Waals surface area (Å²) in [6.07, 6.45) is 3.37. The van der Waals surface area contributed by atoms with Crippen molar-refractivity contribution in [3.8, 4) is 0 Å². The lowest BCUT2D eigenvalue weighted by molar-refractivity contribution is 0.671. The topological polar surface area (TPSA) is 69.6 Å². The van der Waals surface area contributed by atoms with Crippen LogP contribution in [0.5, 0.6) is 0 Å². The summed E-state index contributed by atoms with van der Waals surface area (Å²) in [6.45, 7) is 0.633. The summed E-state index contributed by atoms with van der Waals surface area (Å²) in [5.74, 6) is 0. The van der Waals surface area contributed by atoms with Crippen molar-refractivity contribution in [3.63, 3.8) is 0 Å². The number of aromatic nitrogens is 4. The molecule has 6 heteroatoms. The van der Waals surface area contributed by atoms with Gasteiger partial charge in [-0.25, -0.2) is 0 Å². The highest BCUT2D eigenvalue weighted by Crippen LogP contribution is 2.02. The fourth-order valence-corrected chi connectivity index (χ4v) is 1.33. The normalized spacial score (nSPS) is 10.3. The van der Waals surface area contributed by atoms with Gasteiger partial charge in [-0.2, -0.15) is 5.10 Å². The zero-order valence-electron chi connectivity index (χ0n) is 6.21. The van der Waals surface area contributed by atoms with E-state index in [0.717, 1.165) is 5.69 Å². The smallest absolute Gasteiger partial charge is 0.0970 e. The van der Waals surface area contributed by atoms with Crippen LogP contribution in [0.2, 0.25) is 0 Å². The van der Waals surface area contributed by atoms with Crippen LogP contribution in [0.4, 0.5) is 5.69 Å². The van der Waals surface area contributed by atoms with Crippen LogP contribution >= 0.6 is 11.5 Å². The number of hydrogen-bond donors (Lipinski definition) is 1. The minimum absolute atomic E-state index is 0.633. The lowest BCUT2D eigenvalue weighted by atomic mass is 10.5. The van der Waals surface area contributed by atoms with Crippen molar-refractivity contribution in [1.29, 1.82) is 0 Å². The molecule has 0 aromatic carbocycles. The molecule has 0 atom stereocenters. The van der Waals surface area contributed by atoms with E-state index in [4.69, 9.17) is 5.73 Å². The highest BCUT2D eigenvalue weighted by atomic mass is 32.1. The summed E-state index contributed by atoms with van der Waals surface area (Å²) < 4.78 is 5.47. The van der Waals surface area contributed by atoms with Crippen LogP contribution in [-0.4, -0.2) is 19.4 Å². The number of hydrogen-bond acceptors (Lipinski definition) is 5. The van der Waals surface area contributed by atoms with Gasteiger partial charge in [0.05, 0.1) is 24.1 Å². The zero-order chi connectivity index (χ0) is 8.39. The van der Waals surface area contributed by atoms with Crippen molar-refractivity contribution in [2.24, 2.45) is 0 Å². The predicted molar refractivity (Wildman–Crippen MR) is 45.7 cm³/mol. The molecule has 0 spiro atoms. The molecule has 0 aliphatic heterocycles. The molecule has 0 fully saturated rings. The molecule has 2 heterocycles. The van der Waals surface area contributed by atoms with Crippen molar-refractivity contribution >= 4 is 17.2 Å². The lowest BCUT2D eigenvalue weighted by Crippen LogP contribution is -1.99. The van der Waals surface area contributed by atoms with Crippen molar-refractivity contribution < 1.29 is 0 Å². The lowest BCUT2D eigenvalue weighted by Gasteiger charge is -1.94. The van der Waals surface area contributed by atoms with Crippen LogP contribution in [0.3, 0.4) is 0 Å². The van der Waals surface area contributed by atoms with Gasteiger partial charge in [-0.15, -0.1) is 5.10 Å². The number of nitrogens with two attached hydrogens (primary N) is 1. The van der Waals surface area contributed by atoms with E-state index in [2.05, 4.69) is 14.7 Å². The van der Waals surface area contributed by atoms with Crippen molar-refractivity contribution in [3.05, 3.63) is 23.5 Å². The molecule has 62 valence electrons. The van der Waals surface area contributed by atoms with E-state index in [1.807, 2.05) is 5.38 Å². The largest absolute Gasteiger partial charge is 0.396 e. The molecular weight excluding hydrogens is 174 g/mol. The first-order valence-electron chi connectivity index (χ1n) is 3.38. The van der Waals surface area contributed by atoms with Gasteiger partial charge < -0.3 is 5.73 Å². The summed E-state index contributed by atoms with van der Waals surface area (Å²) in [4.78, 5) is 0. The van der Waals surface area contributed by atoms with Gasteiger partial charge in [-0.1, -0.05) is 4.49 Å². The fraction of sp³-hybridized carbons (Fsp3) is 0.167. The first-order chi connectivity index (χ1) is 5.84. The summed E-state index contributed by atoms with van der Waals surface area (Å²) >= 11 is 1.33. The van der Waals surface area contributed by atoms with Crippen LogP contribution in [0, 0.1) is 0 Å². The van der Waals surface area contributed by atoms with Crippen LogP contribution in [-0.2, 0) is 6.54 Å². The van der Waals surface area contributed by atoms with E-state index >= 15 is 0 Å². The predicted octanol–water partition coefficient (Wildman–Crippen LogP) is 0.365. The van der Waals surface area contributed by atoms with Gasteiger partial charge in [0.25, 0.3) is 0 Å². The van der Waals surface area contributed by atoms with Gasteiger partial charge in [-0.05, 0) is 11.5 Å². The first-order valence-corrected chi connectivity index (χ1v) is 4.22. The van der Waals surface area contributed by atoms with Gasteiger partial charge in [0.15, 0.2) is 0 Å². The molecular formula is C6H7N5S. The third-order valence-electron chi connectivity index (χ3n) is 1.38. The Kier molecular flexibility index (Phi) is 1.75. The minimum atomic E-state index is 0.633. The van der Waals surface area contributed by atoms with Crippen LogP contribution < -0.4 is 5.73 Å². The average molecular weight is 181 g/mol. The number of nitrogen functional groups attached to an aromatic ring is 1. The molecule has 2 aromatic heterocycles. The van der Waals surface area contributed by atoms with Crippen LogP contribution in [0.25, 0.3) is 0 Å². The van der Waals surface area contributed by atoms with Crippen molar-refractivity contribution in [2.45, 2.75) is 6.54 Å². The Morgan fingerprint density at radius 3 is 3.08 bits per heavy atom. The number of nitrogens with zero attached hydrogens (tertiary/aromatic N) is 4. The monoisotopic (exact) mass is 181 g/mol. The van der Waals surface area contributed by atoms with Crippen LogP contribution in [0.15, 0.2) is 17.8 Å². The summed E-state index contributed by atoms with van der Waals surface area (Å²) in [7, 11) is 0. The third-order valence-corrected chi connectivity index (χ3v) is 1.94. The van der Waals surface area contributed by atoms with Gasteiger partial charge in [-0.3, -0.25) is 4.68 Å². The molecule has 2 aromatic rings. The zero-order valence-corrected chi connectivity index (χ0v) is 7.03. The second-order valence-corrected chi connectivity index (χ2v) is 2.98. The molecule has 0 saturated carbocycles. The molecule has 0 saturated heterocycles. The van der Waals surface area contributed by atoms with Crippen molar-refractivity contribution in [2.75, 3.05) is 5.73 Å². The van der Waals surface area contributed by atoms with Gasteiger partial charge in [0.1, 0.15) is 0 Å². The Hall–Kier alpha value is -1.43. The third kappa shape index (κ3) is 1.42. The fourth-order valence-electron chi connectivity index (χ4n) is 0.885. The number of anilines is 1. The average Bonchev–Trinajstić information content (AvgIpc) is 2.63. The highest BCUT2D eigenvalue weighted by Gasteiger charge is 1.98. The maximum atomic E-state index is 5.49. The maximum absolute atomic E-state index is 5.49. The Morgan fingerprint density at radius 2 is 2.50 bits per heavy atom. The van der Waals surface area contributed by atoms with E-state index in [9.17, 15) is 0 Å². The van der Waals surface area contributed by atoms with E-state index in [0.29, 0.717) is 12.2 Å². The van der Waals surface area contributed by atoms with Crippen LogP contribution in [0.1, 0.15) is 5.69 Å². The van der Waals surface area contributed by atoms with Gasteiger partial charge in [0, 0.05) is 11.6 Å². The highest BCUT2D eigenvalue weighted by molar-refractivity contribution is 7.03. The molecule has 0 bridgehead atoms.